The first-order valence-corrected chi connectivity index (χ1v) is 9.29. The molecule has 2 amide bonds. The van der Waals surface area contributed by atoms with Crippen LogP contribution < -0.4 is 10.6 Å². The number of nitrogens with one attached hydrogen (secondary N) is 2. The Bertz CT molecular complexity index is 1040. The van der Waals surface area contributed by atoms with Crippen LogP contribution in [0.1, 0.15) is 21.5 Å². The van der Waals surface area contributed by atoms with E-state index in [-0.39, 0.29) is 11.6 Å². The minimum Gasteiger partial charge on any atom is -0.321 e. The summed E-state index contributed by atoms with van der Waals surface area (Å²) in [4.78, 5) is 25.3. The van der Waals surface area contributed by atoms with Crippen LogP contribution in [-0.2, 0) is 4.79 Å². The molecule has 0 radical (unpaired) electrons. The number of rotatable bonds is 6. The Kier molecular flexibility index (Phi) is 6.74. The highest BCUT2D eigenvalue weighted by molar-refractivity contribution is 6.08. The summed E-state index contributed by atoms with van der Waals surface area (Å²) in [6.45, 7) is 1.95. The highest BCUT2D eigenvalue weighted by Crippen LogP contribution is 2.11. The van der Waals surface area contributed by atoms with E-state index in [4.69, 9.17) is 0 Å². The second-order valence-corrected chi connectivity index (χ2v) is 6.49. The van der Waals surface area contributed by atoms with Gasteiger partial charge in [0.2, 0.25) is 0 Å². The molecule has 0 unspecified atom stereocenters. The molecule has 144 valence electrons. The average Bonchev–Trinajstić information content (AvgIpc) is 2.74. The van der Waals surface area contributed by atoms with Crippen LogP contribution in [0.2, 0.25) is 0 Å². The first kappa shape index (κ1) is 19.8. The van der Waals surface area contributed by atoms with Gasteiger partial charge in [0.25, 0.3) is 11.8 Å². The molecule has 0 aliphatic carbocycles. The molecule has 3 aromatic carbocycles. The van der Waals surface area contributed by atoms with E-state index >= 15 is 0 Å². The Morgan fingerprint density at radius 1 is 0.828 bits per heavy atom. The number of carbonyl (C=O) groups is 2. The predicted molar refractivity (Wildman–Crippen MR) is 117 cm³/mol. The third-order valence-corrected chi connectivity index (χ3v) is 4.16. The van der Waals surface area contributed by atoms with E-state index in [0.717, 1.165) is 11.1 Å². The fraction of sp³-hybridized carbons (Fsp3) is 0.0400. The van der Waals surface area contributed by atoms with Gasteiger partial charge in [0.05, 0.1) is 0 Å². The second kappa shape index (κ2) is 9.85. The van der Waals surface area contributed by atoms with Crippen LogP contribution in [0.25, 0.3) is 6.08 Å². The summed E-state index contributed by atoms with van der Waals surface area (Å²) in [6, 6.07) is 26.0. The minimum atomic E-state index is -0.391. The first-order valence-electron chi connectivity index (χ1n) is 9.29. The molecule has 29 heavy (non-hydrogen) atoms. The molecule has 3 rings (SSSR count). The van der Waals surface area contributed by atoms with Crippen molar-refractivity contribution in [2.24, 2.45) is 0 Å². The van der Waals surface area contributed by atoms with E-state index in [0.29, 0.717) is 11.3 Å². The number of amides is 2. The maximum atomic E-state index is 12.8. The van der Waals surface area contributed by atoms with Gasteiger partial charge in [-0.3, -0.25) is 9.59 Å². The molecule has 3 aromatic rings. The van der Waals surface area contributed by atoms with Crippen molar-refractivity contribution in [1.82, 2.24) is 5.32 Å². The highest BCUT2D eigenvalue weighted by Gasteiger charge is 2.14. The van der Waals surface area contributed by atoms with Gasteiger partial charge in [-0.2, -0.15) is 0 Å². The SMILES string of the molecule is Cc1cccc(NC(=O)C(=CC=Cc2ccccc2)NC(=O)c2ccccc2)c1. The number of anilines is 1. The number of hydrogen-bond acceptors (Lipinski definition) is 2. The normalized spacial score (nSPS) is 11.3. The van der Waals surface area contributed by atoms with Crippen LogP contribution in [0.5, 0.6) is 0 Å². The van der Waals surface area contributed by atoms with E-state index in [2.05, 4.69) is 10.6 Å². The van der Waals surface area contributed by atoms with Gasteiger partial charge in [-0.05, 0) is 48.4 Å². The Balaban J connectivity index is 1.81. The standard InChI is InChI=1S/C25H22N2O2/c1-19-10-8-16-22(18-19)26-25(29)23(17-9-13-20-11-4-2-5-12-20)27-24(28)21-14-6-3-7-15-21/h2-18H,1H3,(H,26,29)(H,27,28). The highest BCUT2D eigenvalue weighted by atomic mass is 16.2. The van der Waals surface area contributed by atoms with Gasteiger partial charge in [0.15, 0.2) is 0 Å². The summed E-state index contributed by atoms with van der Waals surface area (Å²) < 4.78 is 0. The Hall–Kier alpha value is -3.92. The van der Waals surface area contributed by atoms with Crippen LogP contribution in [0, 0.1) is 6.92 Å². The molecule has 0 atom stereocenters. The van der Waals surface area contributed by atoms with Crippen LogP contribution in [-0.4, -0.2) is 11.8 Å². The predicted octanol–water partition coefficient (Wildman–Crippen LogP) is 4.96. The lowest BCUT2D eigenvalue weighted by Gasteiger charge is -2.11. The van der Waals surface area contributed by atoms with Crippen molar-refractivity contribution >= 4 is 23.6 Å². The Morgan fingerprint density at radius 2 is 1.52 bits per heavy atom. The minimum absolute atomic E-state index is 0.160. The van der Waals surface area contributed by atoms with E-state index in [1.165, 1.54) is 0 Å². The van der Waals surface area contributed by atoms with Gasteiger partial charge in [-0.1, -0.05) is 72.8 Å². The largest absolute Gasteiger partial charge is 0.321 e. The van der Waals surface area contributed by atoms with Crippen molar-refractivity contribution in [3.8, 4) is 0 Å². The maximum Gasteiger partial charge on any atom is 0.272 e. The van der Waals surface area contributed by atoms with E-state index in [1.807, 2.05) is 67.6 Å². The van der Waals surface area contributed by atoms with Gasteiger partial charge < -0.3 is 10.6 Å². The van der Waals surface area contributed by atoms with Gasteiger partial charge in [0, 0.05) is 11.3 Å². The number of carbonyl (C=O) groups excluding carboxylic acids is 2. The van der Waals surface area contributed by atoms with Gasteiger partial charge in [-0.15, -0.1) is 0 Å². The molecular weight excluding hydrogens is 360 g/mol. The summed E-state index contributed by atoms with van der Waals surface area (Å²) in [7, 11) is 0. The van der Waals surface area contributed by atoms with Crippen molar-refractivity contribution in [1.29, 1.82) is 0 Å². The van der Waals surface area contributed by atoms with Crippen LogP contribution in [0.3, 0.4) is 0 Å². The topological polar surface area (TPSA) is 58.2 Å². The lowest BCUT2D eigenvalue weighted by atomic mass is 10.2. The molecular formula is C25H22N2O2. The van der Waals surface area contributed by atoms with Crippen LogP contribution >= 0.6 is 0 Å². The Labute approximate surface area is 170 Å². The van der Waals surface area contributed by atoms with Crippen molar-refractivity contribution in [2.75, 3.05) is 5.32 Å². The molecule has 0 spiro atoms. The van der Waals surface area contributed by atoms with Crippen LogP contribution in [0.4, 0.5) is 5.69 Å². The molecule has 0 heterocycles. The molecule has 0 saturated carbocycles. The Morgan fingerprint density at radius 3 is 2.21 bits per heavy atom. The van der Waals surface area contributed by atoms with Crippen molar-refractivity contribution in [3.05, 3.63) is 119 Å². The fourth-order valence-electron chi connectivity index (χ4n) is 2.70. The van der Waals surface area contributed by atoms with Gasteiger partial charge in [0.1, 0.15) is 5.70 Å². The van der Waals surface area contributed by atoms with Crippen molar-refractivity contribution in [2.45, 2.75) is 6.92 Å². The molecule has 2 N–H and O–H groups in total. The van der Waals surface area contributed by atoms with Crippen molar-refractivity contribution < 1.29 is 9.59 Å². The van der Waals surface area contributed by atoms with E-state index in [1.54, 1.807) is 42.5 Å². The molecule has 0 fully saturated rings. The van der Waals surface area contributed by atoms with Gasteiger partial charge in [-0.25, -0.2) is 0 Å². The van der Waals surface area contributed by atoms with E-state index in [9.17, 15) is 9.59 Å². The maximum absolute atomic E-state index is 12.8. The monoisotopic (exact) mass is 382 g/mol. The molecule has 0 aliphatic heterocycles. The number of benzene rings is 3. The molecule has 0 aromatic heterocycles. The zero-order chi connectivity index (χ0) is 20.5. The zero-order valence-electron chi connectivity index (χ0n) is 16.1. The lowest BCUT2D eigenvalue weighted by Crippen LogP contribution is -2.30. The summed E-state index contributed by atoms with van der Waals surface area (Å²) >= 11 is 0. The van der Waals surface area contributed by atoms with Gasteiger partial charge >= 0.3 is 0 Å². The first-order chi connectivity index (χ1) is 14.1. The summed E-state index contributed by atoms with van der Waals surface area (Å²) in [5.41, 5.74) is 3.34. The number of aryl methyl sites for hydroxylation is 1. The van der Waals surface area contributed by atoms with Crippen molar-refractivity contribution in [3.63, 3.8) is 0 Å². The second-order valence-electron chi connectivity index (χ2n) is 6.49. The third-order valence-electron chi connectivity index (χ3n) is 4.16. The number of allylic oxidation sites excluding steroid dienone is 2. The molecule has 4 heteroatoms. The fourth-order valence-corrected chi connectivity index (χ4v) is 2.70. The summed E-state index contributed by atoms with van der Waals surface area (Å²) in [6.07, 6.45) is 5.21. The summed E-state index contributed by atoms with van der Waals surface area (Å²) in [5.74, 6) is -0.734. The van der Waals surface area contributed by atoms with E-state index < -0.39 is 5.91 Å². The average molecular weight is 382 g/mol. The molecule has 0 saturated heterocycles. The lowest BCUT2D eigenvalue weighted by molar-refractivity contribution is -0.113. The molecule has 0 bridgehead atoms. The quantitative estimate of drug-likeness (QED) is 0.468. The van der Waals surface area contributed by atoms with Crippen LogP contribution in [0.15, 0.2) is 103 Å². The third kappa shape index (κ3) is 6.04. The number of hydrogen-bond donors (Lipinski definition) is 2. The molecule has 4 nitrogen and oxygen atoms in total. The molecule has 0 aliphatic rings. The zero-order valence-corrected chi connectivity index (χ0v) is 16.1. The summed E-state index contributed by atoms with van der Waals surface area (Å²) in [5, 5.41) is 5.55. The smallest absolute Gasteiger partial charge is 0.272 e.